The summed E-state index contributed by atoms with van der Waals surface area (Å²) in [5.74, 6) is 1.89. The Morgan fingerprint density at radius 2 is 2.00 bits per heavy atom. The van der Waals surface area contributed by atoms with Gasteiger partial charge < -0.3 is 10.1 Å². The van der Waals surface area contributed by atoms with Crippen molar-refractivity contribution in [1.82, 2.24) is 5.32 Å². The molecule has 0 aliphatic heterocycles. The molecule has 1 aliphatic carbocycles. The monoisotopic (exact) mass is 227 g/mol. The predicted octanol–water partition coefficient (Wildman–Crippen LogP) is 3.22. The second-order valence-electron chi connectivity index (χ2n) is 5.21. The van der Waals surface area contributed by atoms with Crippen LogP contribution in [0.4, 0.5) is 0 Å². The summed E-state index contributed by atoms with van der Waals surface area (Å²) in [5.41, 5.74) is 0. The van der Waals surface area contributed by atoms with Crippen molar-refractivity contribution in [2.24, 2.45) is 11.8 Å². The molecule has 2 heteroatoms. The van der Waals surface area contributed by atoms with Crippen molar-refractivity contribution in [3.8, 4) is 0 Å². The van der Waals surface area contributed by atoms with Gasteiger partial charge in [0.15, 0.2) is 0 Å². The number of methoxy groups -OCH3 is 1. The lowest BCUT2D eigenvalue weighted by Gasteiger charge is -2.26. The fourth-order valence-electron chi connectivity index (χ4n) is 2.77. The van der Waals surface area contributed by atoms with E-state index in [0.717, 1.165) is 25.0 Å². The summed E-state index contributed by atoms with van der Waals surface area (Å²) in [5, 5.41) is 3.50. The zero-order valence-corrected chi connectivity index (χ0v) is 11.1. The molecular formula is C14H29NO. The van der Waals surface area contributed by atoms with E-state index in [1.54, 1.807) is 7.11 Å². The van der Waals surface area contributed by atoms with Gasteiger partial charge in [-0.25, -0.2) is 0 Å². The highest BCUT2D eigenvalue weighted by Gasteiger charge is 2.17. The molecule has 0 aromatic carbocycles. The van der Waals surface area contributed by atoms with Crippen LogP contribution in [0.2, 0.25) is 0 Å². The molecule has 1 atom stereocenters. The Bertz CT molecular complexity index is 155. The van der Waals surface area contributed by atoms with E-state index in [2.05, 4.69) is 12.2 Å². The van der Waals surface area contributed by atoms with Crippen LogP contribution in [0, 0.1) is 11.8 Å². The molecule has 0 aromatic heterocycles. The third kappa shape index (κ3) is 5.86. The van der Waals surface area contributed by atoms with Crippen LogP contribution >= 0.6 is 0 Å². The van der Waals surface area contributed by atoms with Crippen LogP contribution in [0.25, 0.3) is 0 Å². The minimum Gasteiger partial charge on any atom is -0.383 e. The fourth-order valence-corrected chi connectivity index (χ4v) is 2.77. The lowest BCUT2D eigenvalue weighted by Crippen LogP contribution is -2.27. The number of rotatable bonds is 8. The van der Waals surface area contributed by atoms with Crippen molar-refractivity contribution in [3.05, 3.63) is 0 Å². The third-order valence-electron chi connectivity index (χ3n) is 3.88. The van der Waals surface area contributed by atoms with Crippen molar-refractivity contribution in [2.75, 3.05) is 26.8 Å². The number of nitrogens with one attached hydrogen (secondary N) is 1. The smallest absolute Gasteiger partial charge is 0.0587 e. The maximum Gasteiger partial charge on any atom is 0.0587 e. The maximum absolute atomic E-state index is 5.04. The van der Waals surface area contributed by atoms with Crippen LogP contribution in [-0.4, -0.2) is 26.8 Å². The highest BCUT2D eigenvalue weighted by molar-refractivity contribution is 4.71. The first kappa shape index (κ1) is 14.0. The van der Waals surface area contributed by atoms with Gasteiger partial charge in [0, 0.05) is 13.7 Å². The Kier molecular flexibility index (Phi) is 7.87. The Morgan fingerprint density at radius 1 is 1.25 bits per heavy atom. The molecule has 0 amide bonds. The number of hydrogen-bond acceptors (Lipinski definition) is 2. The van der Waals surface area contributed by atoms with Crippen molar-refractivity contribution < 1.29 is 4.74 Å². The molecule has 1 unspecified atom stereocenters. The van der Waals surface area contributed by atoms with Crippen LogP contribution < -0.4 is 5.32 Å². The van der Waals surface area contributed by atoms with Gasteiger partial charge in [-0.1, -0.05) is 45.4 Å². The quantitative estimate of drug-likeness (QED) is 0.643. The average Bonchev–Trinajstić information content (AvgIpc) is 2.34. The lowest BCUT2D eigenvalue weighted by atomic mass is 9.82. The van der Waals surface area contributed by atoms with E-state index in [1.807, 2.05) is 0 Å². The summed E-state index contributed by atoms with van der Waals surface area (Å²) in [6, 6.07) is 0. The number of ether oxygens (including phenoxy) is 1. The Hall–Kier alpha value is -0.0800. The van der Waals surface area contributed by atoms with Gasteiger partial charge in [0.1, 0.15) is 0 Å². The molecule has 0 bridgehead atoms. The Morgan fingerprint density at radius 3 is 2.62 bits per heavy atom. The van der Waals surface area contributed by atoms with Gasteiger partial charge >= 0.3 is 0 Å². The topological polar surface area (TPSA) is 21.3 Å². The second kappa shape index (κ2) is 9.00. The molecule has 0 spiro atoms. The van der Waals surface area contributed by atoms with Gasteiger partial charge in [-0.15, -0.1) is 0 Å². The SMILES string of the molecule is CCC(CNCCOC)CC1CCCCC1. The van der Waals surface area contributed by atoms with Gasteiger partial charge in [-0.2, -0.15) is 0 Å². The summed E-state index contributed by atoms with van der Waals surface area (Å²) < 4.78 is 5.04. The molecule has 0 aromatic rings. The molecular weight excluding hydrogens is 198 g/mol. The van der Waals surface area contributed by atoms with E-state index in [4.69, 9.17) is 4.74 Å². The van der Waals surface area contributed by atoms with E-state index in [1.165, 1.54) is 51.5 Å². The largest absolute Gasteiger partial charge is 0.383 e. The summed E-state index contributed by atoms with van der Waals surface area (Å²) in [7, 11) is 1.76. The van der Waals surface area contributed by atoms with Crippen molar-refractivity contribution >= 4 is 0 Å². The number of hydrogen-bond donors (Lipinski definition) is 1. The molecule has 1 N–H and O–H groups in total. The van der Waals surface area contributed by atoms with E-state index in [-0.39, 0.29) is 0 Å². The van der Waals surface area contributed by atoms with Gasteiger partial charge in [-0.3, -0.25) is 0 Å². The first-order chi connectivity index (χ1) is 7.86. The van der Waals surface area contributed by atoms with E-state index in [9.17, 15) is 0 Å². The molecule has 16 heavy (non-hydrogen) atoms. The summed E-state index contributed by atoms with van der Waals surface area (Å²) in [6.45, 7) is 5.33. The zero-order valence-electron chi connectivity index (χ0n) is 11.1. The summed E-state index contributed by atoms with van der Waals surface area (Å²) in [6.07, 6.45) is 10.1. The van der Waals surface area contributed by atoms with Crippen molar-refractivity contribution in [2.45, 2.75) is 51.9 Å². The van der Waals surface area contributed by atoms with Crippen LogP contribution in [0.5, 0.6) is 0 Å². The van der Waals surface area contributed by atoms with Crippen LogP contribution in [-0.2, 0) is 4.74 Å². The fraction of sp³-hybridized carbons (Fsp3) is 1.00. The Balaban J connectivity index is 2.09. The van der Waals surface area contributed by atoms with E-state index >= 15 is 0 Å². The molecule has 96 valence electrons. The van der Waals surface area contributed by atoms with E-state index < -0.39 is 0 Å². The first-order valence-corrected chi connectivity index (χ1v) is 7.06. The third-order valence-corrected chi connectivity index (χ3v) is 3.88. The molecule has 1 aliphatic rings. The van der Waals surface area contributed by atoms with Gasteiger partial charge in [0.2, 0.25) is 0 Å². The van der Waals surface area contributed by atoms with Crippen LogP contribution in [0.1, 0.15) is 51.9 Å². The molecule has 0 heterocycles. The lowest BCUT2D eigenvalue weighted by molar-refractivity contribution is 0.195. The van der Waals surface area contributed by atoms with Gasteiger partial charge in [0.25, 0.3) is 0 Å². The minimum absolute atomic E-state index is 0.833. The standard InChI is InChI=1S/C14H29NO/c1-3-13(12-15-9-10-16-2)11-14-7-5-4-6-8-14/h13-15H,3-12H2,1-2H3. The van der Waals surface area contributed by atoms with Crippen molar-refractivity contribution in [3.63, 3.8) is 0 Å². The first-order valence-electron chi connectivity index (χ1n) is 7.06. The highest BCUT2D eigenvalue weighted by atomic mass is 16.5. The Labute approximate surface area is 101 Å². The van der Waals surface area contributed by atoms with Crippen molar-refractivity contribution in [1.29, 1.82) is 0 Å². The second-order valence-corrected chi connectivity index (χ2v) is 5.21. The molecule has 1 saturated carbocycles. The normalized spacial score (nSPS) is 19.9. The average molecular weight is 227 g/mol. The highest BCUT2D eigenvalue weighted by Crippen LogP contribution is 2.29. The summed E-state index contributed by atoms with van der Waals surface area (Å²) >= 11 is 0. The van der Waals surface area contributed by atoms with E-state index in [0.29, 0.717) is 0 Å². The summed E-state index contributed by atoms with van der Waals surface area (Å²) in [4.78, 5) is 0. The van der Waals surface area contributed by atoms with Gasteiger partial charge in [-0.05, 0) is 24.8 Å². The van der Waals surface area contributed by atoms with Crippen LogP contribution in [0.15, 0.2) is 0 Å². The molecule has 0 saturated heterocycles. The van der Waals surface area contributed by atoms with Gasteiger partial charge in [0.05, 0.1) is 6.61 Å². The minimum atomic E-state index is 0.833. The molecule has 1 fully saturated rings. The predicted molar refractivity (Wildman–Crippen MR) is 69.7 cm³/mol. The van der Waals surface area contributed by atoms with Crippen LogP contribution in [0.3, 0.4) is 0 Å². The molecule has 1 rings (SSSR count). The molecule has 0 radical (unpaired) electrons. The zero-order chi connectivity index (χ0) is 11.6. The molecule has 2 nitrogen and oxygen atoms in total. The maximum atomic E-state index is 5.04.